The Morgan fingerprint density at radius 1 is 1.07 bits per heavy atom. The molecule has 0 aromatic heterocycles. The molecule has 1 heterocycles. The van der Waals surface area contributed by atoms with Gasteiger partial charge in [0.2, 0.25) is 5.91 Å². The number of carbonyl (C=O) groups excluding carboxylic acids is 2. The number of benzene rings is 2. The minimum Gasteiger partial charge on any atom is -0.350 e. The van der Waals surface area contributed by atoms with Crippen molar-refractivity contribution in [1.82, 2.24) is 5.48 Å². The summed E-state index contributed by atoms with van der Waals surface area (Å²) in [5.41, 5.74) is 4.50. The second kappa shape index (κ2) is 9.64. The first-order valence-electron chi connectivity index (χ1n) is 8.82. The van der Waals surface area contributed by atoms with E-state index >= 15 is 0 Å². The molecular formula is C20H21BrN2O4. The van der Waals surface area contributed by atoms with Crippen molar-refractivity contribution < 1.29 is 19.2 Å². The summed E-state index contributed by atoms with van der Waals surface area (Å²) in [6, 6.07) is 14.3. The van der Waals surface area contributed by atoms with Crippen LogP contribution in [0.4, 0.5) is 5.69 Å². The van der Waals surface area contributed by atoms with Crippen molar-refractivity contribution in [3.63, 3.8) is 0 Å². The van der Waals surface area contributed by atoms with Crippen molar-refractivity contribution in [2.45, 2.75) is 32.0 Å². The van der Waals surface area contributed by atoms with E-state index in [0.29, 0.717) is 17.9 Å². The van der Waals surface area contributed by atoms with Gasteiger partial charge in [-0.3, -0.25) is 9.59 Å². The molecule has 1 saturated heterocycles. The second-order valence-electron chi connectivity index (χ2n) is 6.27. The van der Waals surface area contributed by atoms with Gasteiger partial charge >= 0.3 is 0 Å². The molecule has 1 aliphatic heterocycles. The minimum atomic E-state index is -0.362. The van der Waals surface area contributed by atoms with Crippen molar-refractivity contribution in [3.05, 3.63) is 64.1 Å². The molecule has 0 spiro atoms. The van der Waals surface area contributed by atoms with E-state index in [0.717, 1.165) is 29.3 Å². The quantitative estimate of drug-likeness (QED) is 0.680. The van der Waals surface area contributed by atoms with Gasteiger partial charge in [0.1, 0.15) is 0 Å². The van der Waals surface area contributed by atoms with Crippen LogP contribution in [0.15, 0.2) is 53.0 Å². The van der Waals surface area contributed by atoms with Gasteiger partial charge in [0.05, 0.1) is 6.42 Å². The van der Waals surface area contributed by atoms with Gasteiger partial charge < -0.3 is 10.1 Å². The zero-order valence-corrected chi connectivity index (χ0v) is 16.3. The number of rotatable bonds is 6. The summed E-state index contributed by atoms with van der Waals surface area (Å²) in [6.45, 7) is 0.661. The maximum Gasteiger partial charge on any atom is 0.255 e. The standard InChI is InChI=1S/C20H21BrN2O4/c21-16-8-6-15(7-9-16)20(25)22-17-10-4-14(5-11-17)13-18(24)23-27-19-3-1-2-12-26-19/h4-11,19H,1-3,12-13H2,(H,22,25)(H,23,24). The molecule has 1 atom stereocenters. The van der Waals surface area contributed by atoms with Crippen LogP contribution < -0.4 is 10.8 Å². The number of hydrogen-bond donors (Lipinski definition) is 2. The number of hydrogen-bond acceptors (Lipinski definition) is 4. The van der Waals surface area contributed by atoms with Crippen LogP contribution in [0.1, 0.15) is 35.2 Å². The molecule has 2 amide bonds. The summed E-state index contributed by atoms with van der Waals surface area (Å²) in [5.74, 6) is -0.426. The summed E-state index contributed by atoms with van der Waals surface area (Å²) in [4.78, 5) is 29.4. The predicted octanol–water partition coefficient (Wildman–Crippen LogP) is 3.82. The molecule has 0 saturated carbocycles. The van der Waals surface area contributed by atoms with Gasteiger partial charge in [-0.1, -0.05) is 28.1 Å². The number of anilines is 1. The van der Waals surface area contributed by atoms with Crippen LogP contribution in [0.3, 0.4) is 0 Å². The summed E-state index contributed by atoms with van der Waals surface area (Å²) in [7, 11) is 0. The summed E-state index contributed by atoms with van der Waals surface area (Å²) >= 11 is 3.34. The van der Waals surface area contributed by atoms with Crippen molar-refractivity contribution in [2.24, 2.45) is 0 Å². The SMILES string of the molecule is O=C(Cc1ccc(NC(=O)c2ccc(Br)cc2)cc1)NOC1CCCCO1. The van der Waals surface area contributed by atoms with Gasteiger partial charge in [0.25, 0.3) is 5.91 Å². The van der Waals surface area contributed by atoms with Crippen LogP contribution in [0, 0.1) is 0 Å². The number of halogens is 1. The number of nitrogens with one attached hydrogen (secondary N) is 2. The molecule has 2 N–H and O–H groups in total. The lowest BCUT2D eigenvalue weighted by Gasteiger charge is -2.22. The molecule has 1 fully saturated rings. The first kappa shape index (κ1) is 19.5. The van der Waals surface area contributed by atoms with Crippen LogP contribution in [-0.4, -0.2) is 24.7 Å². The van der Waals surface area contributed by atoms with E-state index in [4.69, 9.17) is 9.57 Å². The Morgan fingerprint density at radius 2 is 1.81 bits per heavy atom. The molecule has 0 bridgehead atoms. The molecule has 2 aromatic rings. The highest BCUT2D eigenvalue weighted by atomic mass is 79.9. The molecule has 3 rings (SSSR count). The first-order valence-corrected chi connectivity index (χ1v) is 9.61. The average Bonchev–Trinajstić information content (AvgIpc) is 2.69. The Morgan fingerprint density at radius 3 is 2.48 bits per heavy atom. The molecule has 1 unspecified atom stereocenters. The molecule has 7 heteroatoms. The lowest BCUT2D eigenvalue weighted by Crippen LogP contribution is -2.33. The van der Waals surface area contributed by atoms with Crippen LogP contribution in [0.5, 0.6) is 0 Å². The largest absolute Gasteiger partial charge is 0.350 e. The first-order chi connectivity index (χ1) is 13.1. The summed E-state index contributed by atoms with van der Waals surface area (Å²) in [6.07, 6.45) is 2.67. The van der Waals surface area contributed by atoms with Crippen LogP contribution in [-0.2, 0) is 20.8 Å². The van der Waals surface area contributed by atoms with Crippen molar-refractivity contribution in [1.29, 1.82) is 0 Å². The Labute approximate surface area is 166 Å². The molecule has 27 heavy (non-hydrogen) atoms. The van der Waals surface area contributed by atoms with Gasteiger partial charge in [0.15, 0.2) is 6.29 Å². The van der Waals surface area contributed by atoms with Crippen molar-refractivity contribution >= 4 is 33.4 Å². The van der Waals surface area contributed by atoms with Gasteiger partial charge in [-0.15, -0.1) is 0 Å². The lowest BCUT2D eigenvalue weighted by atomic mass is 10.1. The van der Waals surface area contributed by atoms with Crippen LogP contribution in [0.25, 0.3) is 0 Å². The zero-order valence-electron chi connectivity index (χ0n) is 14.7. The fraction of sp³-hybridized carbons (Fsp3) is 0.300. The Bertz CT molecular complexity index is 772. The second-order valence-corrected chi connectivity index (χ2v) is 7.19. The third kappa shape index (κ3) is 6.16. The van der Waals surface area contributed by atoms with E-state index in [9.17, 15) is 9.59 Å². The molecule has 6 nitrogen and oxygen atoms in total. The lowest BCUT2D eigenvalue weighted by molar-refractivity contribution is -0.200. The van der Waals surface area contributed by atoms with Gasteiger partial charge in [-0.25, -0.2) is 10.3 Å². The van der Waals surface area contributed by atoms with E-state index in [1.54, 1.807) is 36.4 Å². The minimum absolute atomic E-state index is 0.186. The maximum absolute atomic E-state index is 12.2. The number of ether oxygens (including phenoxy) is 1. The van der Waals surface area contributed by atoms with Crippen LogP contribution >= 0.6 is 15.9 Å². The normalized spacial score (nSPS) is 16.6. The fourth-order valence-corrected chi connectivity index (χ4v) is 2.93. The molecule has 1 aliphatic rings. The molecule has 0 aliphatic carbocycles. The zero-order chi connectivity index (χ0) is 19.1. The maximum atomic E-state index is 12.2. The molecular weight excluding hydrogens is 412 g/mol. The van der Waals surface area contributed by atoms with Crippen LogP contribution in [0.2, 0.25) is 0 Å². The van der Waals surface area contributed by atoms with E-state index in [-0.39, 0.29) is 24.5 Å². The van der Waals surface area contributed by atoms with Crippen molar-refractivity contribution in [3.8, 4) is 0 Å². The molecule has 0 radical (unpaired) electrons. The highest BCUT2D eigenvalue weighted by Gasteiger charge is 2.15. The number of hydroxylamine groups is 1. The fourth-order valence-electron chi connectivity index (χ4n) is 2.67. The average molecular weight is 433 g/mol. The Kier molecular flexibility index (Phi) is 6.98. The molecule has 2 aromatic carbocycles. The van der Waals surface area contributed by atoms with E-state index in [2.05, 4.69) is 26.7 Å². The highest BCUT2D eigenvalue weighted by Crippen LogP contribution is 2.15. The molecule has 142 valence electrons. The third-order valence-corrected chi connectivity index (χ3v) is 4.65. The van der Waals surface area contributed by atoms with E-state index in [1.165, 1.54) is 0 Å². The van der Waals surface area contributed by atoms with E-state index < -0.39 is 0 Å². The third-order valence-electron chi connectivity index (χ3n) is 4.13. The number of carbonyl (C=O) groups is 2. The monoisotopic (exact) mass is 432 g/mol. The van der Waals surface area contributed by atoms with E-state index in [1.807, 2.05) is 12.1 Å². The topological polar surface area (TPSA) is 76.7 Å². The highest BCUT2D eigenvalue weighted by molar-refractivity contribution is 9.10. The van der Waals surface area contributed by atoms with Gasteiger partial charge in [-0.2, -0.15) is 0 Å². The summed E-state index contributed by atoms with van der Waals surface area (Å²) in [5, 5.41) is 2.83. The summed E-state index contributed by atoms with van der Waals surface area (Å²) < 4.78 is 6.31. The Balaban J connectivity index is 1.47. The number of amides is 2. The smallest absolute Gasteiger partial charge is 0.255 e. The van der Waals surface area contributed by atoms with Gasteiger partial charge in [0, 0.05) is 28.8 Å². The predicted molar refractivity (Wildman–Crippen MR) is 105 cm³/mol. The van der Waals surface area contributed by atoms with Gasteiger partial charge in [-0.05, 0) is 54.8 Å². The Hall–Kier alpha value is -2.22. The van der Waals surface area contributed by atoms with Crippen molar-refractivity contribution in [2.75, 3.05) is 11.9 Å².